The summed E-state index contributed by atoms with van der Waals surface area (Å²) in [6, 6.07) is 0. The fourth-order valence-electron chi connectivity index (χ4n) is 1.43. The second-order valence-electron chi connectivity index (χ2n) is 3.78. The molecule has 1 aromatic heterocycles. The number of hydrogen-bond donors (Lipinski definition) is 1. The monoisotopic (exact) mass is 243 g/mol. The number of aromatic nitrogens is 1. The molecular formula is C11H21N3OS. The quantitative estimate of drug-likeness (QED) is 0.795. The van der Waals surface area contributed by atoms with E-state index in [0.717, 1.165) is 22.2 Å². The third kappa shape index (κ3) is 3.43. The van der Waals surface area contributed by atoms with E-state index >= 15 is 0 Å². The summed E-state index contributed by atoms with van der Waals surface area (Å²) in [5.74, 6) is 0. The highest BCUT2D eigenvalue weighted by molar-refractivity contribution is 7.15. The second-order valence-corrected chi connectivity index (χ2v) is 4.84. The van der Waals surface area contributed by atoms with Crippen molar-refractivity contribution in [3.63, 3.8) is 0 Å². The zero-order chi connectivity index (χ0) is 12.0. The smallest absolute Gasteiger partial charge is 0.185 e. The largest absolute Gasteiger partial charge is 0.378 e. The van der Waals surface area contributed by atoms with Gasteiger partial charge in [0.05, 0.1) is 12.3 Å². The van der Waals surface area contributed by atoms with Gasteiger partial charge in [0.25, 0.3) is 0 Å². The fourth-order valence-corrected chi connectivity index (χ4v) is 2.36. The Morgan fingerprint density at radius 3 is 2.81 bits per heavy atom. The third-order valence-electron chi connectivity index (χ3n) is 2.41. The summed E-state index contributed by atoms with van der Waals surface area (Å²) in [4.78, 5) is 7.88. The summed E-state index contributed by atoms with van der Waals surface area (Å²) < 4.78 is 5.11. The molecule has 0 bridgehead atoms. The first kappa shape index (κ1) is 13.4. The molecule has 1 heterocycles. The van der Waals surface area contributed by atoms with E-state index in [-0.39, 0.29) is 0 Å². The molecule has 4 nitrogen and oxygen atoms in total. The molecule has 0 aromatic carbocycles. The highest BCUT2D eigenvalue weighted by atomic mass is 32.1. The van der Waals surface area contributed by atoms with Crippen LogP contribution in [-0.2, 0) is 17.9 Å². The number of anilines is 1. The van der Waals surface area contributed by atoms with E-state index in [1.165, 1.54) is 12.8 Å². The molecular weight excluding hydrogens is 222 g/mol. The van der Waals surface area contributed by atoms with E-state index in [9.17, 15) is 0 Å². The summed E-state index contributed by atoms with van der Waals surface area (Å²) in [6.45, 7) is 4.32. The van der Waals surface area contributed by atoms with Gasteiger partial charge in [-0.1, -0.05) is 13.3 Å². The van der Waals surface area contributed by atoms with Crippen LogP contribution < -0.4 is 10.6 Å². The first-order valence-electron chi connectivity index (χ1n) is 5.61. The van der Waals surface area contributed by atoms with E-state index in [2.05, 4.69) is 23.9 Å². The highest BCUT2D eigenvalue weighted by Crippen LogP contribution is 2.26. The maximum Gasteiger partial charge on any atom is 0.185 e. The molecule has 1 rings (SSSR count). The summed E-state index contributed by atoms with van der Waals surface area (Å²) in [5, 5.41) is 1.04. The van der Waals surface area contributed by atoms with Crippen molar-refractivity contribution in [2.24, 2.45) is 5.73 Å². The van der Waals surface area contributed by atoms with Crippen molar-refractivity contribution in [2.45, 2.75) is 32.9 Å². The second kappa shape index (κ2) is 6.83. The van der Waals surface area contributed by atoms with E-state index in [1.807, 2.05) is 0 Å². The lowest BCUT2D eigenvalue weighted by atomic mass is 10.3. The number of nitrogens with two attached hydrogens (primary N) is 1. The van der Waals surface area contributed by atoms with Crippen molar-refractivity contribution in [3.05, 3.63) is 10.6 Å². The maximum atomic E-state index is 5.69. The minimum atomic E-state index is 0.540. The minimum absolute atomic E-state index is 0.540. The normalized spacial score (nSPS) is 10.8. The Balaban J connectivity index is 2.72. The van der Waals surface area contributed by atoms with Crippen LogP contribution in [0.15, 0.2) is 0 Å². The molecule has 0 unspecified atom stereocenters. The predicted octanol–water partition coefficient (Wildman–Crippen LogP) is 1.98. The molecule has 0 fully saturated rings. The van der Waals surface area contributed by atoms with Gasteiger partial charge in [0.1, 0.15) is 0 Å². The van der Waals surface area contributed by atoms with Crippen molar-refractivity contribution in [1.82, 2.24) is 4.98 Å². The zero-order valence-corrected chi connectivity index (χ0v) is 11.1. The molecule has 92 valence electrons. The van der Waals surface area contributed by atoms with Crippen LogP contribution in [0.3, 0.4) is 0 Å². The molecule has 16 heavy (non-hydrogen) atoms. The van der Waals surface area contributed by atoms with Gasteiger partial charge in [-0.15, -0.1) is 11.3 Å². The average molecular weight is 243 g/mol. The van der Waals surface area contributed by atoms with Crippen LogP contribution in [0.25, 0.3) is 0 Å². The lowest BCUT2D eigenvalue weighted by molar-refractivity contribution is 0.181. The molecule has 5 heteroatoms. The summed E-state index contributed by atoms with van der Waals surface area (Å²) in [5.41, 5.74) is 6.67. The molecule has 0 atom stereocenters. The molecule has 0 saturated heterocycles. The topological polar surface area (TPSA) is 51.4 Å². The lowest BCUT2D eigenvalue weighted by Gasteiger charge is -2.14. The summed E-state index contributed by atoms with van der Waals surface area (Å²) in [6.07, 6.45) is 2.39. The van der Waals surface area contributed by atoms with Crippen molar-refractivity contribution in [3.8, 4) is 0 Å². The van der Waals surface area contributed by atoms with E-state index in [1.54, 1.807) is 18.4 Å². The Hall–Kier alpha value is -0.650. The average Bonchev–Trinajstić information content (AvgIpc) is 2.69. The van der Waals surface area contributed by atoms with Crippen LogP contribution in [0.4, 0.5) is 5.13 Å². The third-order valence-corrected chi connectivity index (χ3v) is 3.64. The van der Waals surface area contributed by atoms with Crippen LogP contribution in [0.5, 0.6) is 0 Å². The minimum Gasteiger partial charge on any atom is -0.378 e. The SMILES string of the molecule is CCCCN(C)c1nc(COC)c(CN)s1. The van der Waals surface area contributed by atoms with Gasteiger partial charge in [0, 0.05) is 32.1 Å². The molecule has 0 spiro atoms. The van der Waals surface area contributed by atoms with Gasteiger partial charge in [-0.2, -0.15) is 0 Å². The van der Waals surface area contributed by atoms with Gasteiger partial charge in [0.15, 0.2) is 5.13 Å². The fraction of sp³-hybridized carbons (Fsp3) is 0.727. The summed E-state index contributed by atoms with van der Waals surface area (Å²) >= 11 is 1.67. The maximum absolute atomic E-state index is 5.69. The number of nitrogens with zero attached hydrogens (tertiary/aromatic N) is 2. The van der Waals surface area contributed by atoms with E-state index in [0.29, 0.717) is 13.2 Å². The zero-order valence-electron chi connectivity index (χ0n) is 10.3. The van der Waals surface area contributed by atoms with Crippen molar-refractivity contribution in [1.29, 1.82) is 0 Å². The molecule has 0 radical (unpaired) electrons. The van der Waals surface area contributed by atoms with Crippen molar-refractivity contribution >= 4 is 16.5 Å². The van der Waals surface area contributed by atoms with Gasteiger partial charge >= 0.3 is 0 Å². The van der Waals surface area contributed by atoms with Crippen LogP contribution in [0.1, 0.15) is 30.3 Å². The van der Waals surface area contributed by atoms with Crippen LogP contribution in [0.2, 0.25) is 0 Å². The van der Waals surface area contributed by atoms with E-state index in [4.69, 9.17) is 10.5 Å². The lowest BCUT2D eigenvalue weighted by Crippen LogP contribution is -2.17. The standard InChI is InChI=1S/C11H21N3OS/c1-4-5-6-14(2)11-13-9(8-15-3)10(7-12)16-11/h4-8,12H2,1-3H3. The Bertz CT molecular complexity index is 314. The van der Waals surface area contributed by atoms with Crippen LogP contribution in [-0.4, -0.2) is 25.7 Å². The van der Waals surface area contributed by atoms with Crippen LogP contribution >= 0.6 is 11.3 Å². The van der Waals surface area contributed by atoms with Crippen molar-refractivity contribution < 1.29 is 4.74 Å². The molecule has 2 N–H and O–H groups in total. The first-order chi connectivity index (χ1) is 7.72. The molecule has 0 amide bonds. The number of thiazole rings is 1. The highest BCUT2D eigenvalue weighted by Gasteiger charge is 2.12. The van der Waals surface area contributed by atoms with E-state index < -0.39 is 0 Å². The number of hydrogen-bond acceptors (Lipinski definition) is 5. The molecule has 0 aliphatic rings. The van der Waals surface area contributed by atoms with Crippen molar-refractivity contribution in [2.75, 3.05) is 25.6 Å². The van der Waals surface area contributed by atoms with Gasteiger partial charge in [0.2, 0.25) is 0 Å². The Kier molecular flexibility index (Phi) is 5.73. The molecule has 1 aromatic rings. The number of unbranched alkanes of at least 4 members (excludes halogenated alkanes) is 1. The number of rotatable bonds is 7. The first-order valence-corrected chi connectivity index (χ1v) is 6.43. The summed E-state index contributed by atoms with van der Waals surface area (Å²) in [7, 11) is 3.76. The number of methoxy groups -OCH3 is 1. The molecule has 0 aliphatic heterocycles. The van der Waals surface area contributed by atoms with Gasteiger partial charge in [-0.05, 0) is 6.42 Å². The Morgan fingerprint density at radius 1 is 1.50 bits per heavy atom. The Labute approximate surface area is 101 Å². The predicted molar refractivity (Wildman–Crippen MR) is 68.9 cm³/mol. The van der Waals surface area contributed by atoms with Crippen LogP contribution in [0, 0.1) is 0 Å². The molecule has 0 saturated carbocycles. The number of ether oxygens (including phenoxy) is 1. The Morgan fingerprint density at radius 2 is 2.25 bits per heavy atom. The molecule has 0 aliphatic carbocycles. The van der Waals surface area contributed by atoms with Gasteiger partial charge < -0.3 is 15.4 Å². The van der Waals surface area contributed by atoms with Gasteiger partial charge in [-0.3, -0.25) is 0 Å². The van der Waals surface area contributed by atoms with Gasteiger partial charge in [-0.25, -0.2) is 4.98 Å².